The van der Waals surface area contributed by atoms with E-state index in [1.165, 1.54) is 6.08 Å². The minimum Gasteiger partial charge on any atom is -0.385 e. The van der Waals surface area contributed by atoms with Crippen LogP contribution in [0.1, 0.15) is 17.6 Å². The van der Waals surface area contributed by atoms with Gasteiger partial charge in [-0.2, -0.15) is 13.2 Å². The van der Waals surface area contributed by atoms with E-state index in [1.807, 2.05) is 0 Å². The molecule has 9 heteroatoms. The number of nitrogens with two attached hydrogens (primary N) is 1. The molecule has 1 rings (SSSR count). The lowest BCUT2D eigenvalue weighted by Crippen LogP contribution is -2.37. The van der Waals surface area contributed by atoms with Crippen LogP contribution in [0.5, 0.6) is 0 Å². The van der Waals surface area contributed by atoms with Crippen LogP contribution in [0.15, 0.2) is 17.3 Å². The first-order valence-corrected chi connectivity index (χ1v) is 6.23. The van der Waals surface area contributed by atoms with Gasteiger partial charge in [-0.1, -0.05) is 0 Å². The Bertz CT molecular complexity index is 470. The van der Waals surface area contributed by atoms with E-state index in [4.69, 9.17) is 5.73 Å². The number of rotatable bonds is 4. The lowest BCUT2D eigenvalue weighted by molar-refractivity contribution is -0.140. The third-order valence-corrected chi connectivity index (χ3v) is 2.81. The Balaban J connectivity index is 2.56. The molecule has 0 atom stereocenters. The number of carbonyl (C=O) groups excluding carboxylic acids is 1. The fraction of sp³-hybridized carbons (Fsp3) is 0.400. The molecule has 1 heterocycles. The molecule has 0 bridgehead atoms. The first-order valence-electron chi connectivity index (χ1n) is 5.35. The Hall–Kier alpha value is -1.77. The van der Waals surface area contributed by atoms with E-state index in [1.54, 1.807) is 6.92 Å². The van der Waals surface area contributed by atoms with Gasteiger partial charge in [0.15, 0.2) is 5.69 Å². The molecule has 2 amide bonds. The summed E-state index contributed by atoms with van der Waals surface area (Å²) in [6, 6.07) is -0.466. The van der Waals surface area contributed by atoms with Gasteiger partial charge in [-0.3, -0.25) is 5.32 Å². The van der Waals surface area contributed by atoms with Crippen molar-refractivity contribution in [1.29, 1.82) is 0 Å². The summed E-state index contributed by atoms with van der Waals surface area (Å²) < 4.78 is 36.9. The van der Waals surface area contributed by atoms with Gasteiger partial charge in [-0.15, -0.1) is 11.3 Å². The Morgan fingerprint density at radius 1 is 1.58 bits per heavy atom. The minimum atomic E-state index is -4.44. The van der Waals surface area contributed by atoms with Crippen molar-refractivity contribution in [3.63, 3.8) is 0 Å². The fourth-order valence-electron chi connectivity index (χ4n) is 1.12. The van der Waals surface area contributed by atoms with E-state index >= 15 is 0 Å². The first-order chi connectivity index (χ1) is 8.82. The SMILES string of the molecule is CCNC(=O)N/C(N)=C/Cc1nc(C(F)(F)F)cs1. The number of halogens is 3. The second-order valence-electron chi connectivity index (χ2n) is 3.47. The average molecular weight is 294 g/mol. The van der Waals surface area contributed by atoms with Crippen LogP contribution in [0.25, 0.3) is 0 Å². The molecule has 19 heavy (non-hydrogen) atoms. The average Bonchev–Trinajstić information content (AvgIpc) is 2.74. The molecule has 0 fully saturated rings. The summed E-state index contributed by atoms with van der Waals surface area (Å²) in [5, 5.41) is 6.01. The van der Waals surface area contributed by atoms with E-state index in [-0.39, 0.29) is 17.2 Å². The minimum absolute atomic E-state index is 0.0645. The Kier molecular flexibility index (Phi) is 5.16. The molecule has 5 nitrogen and oxygen atoms in total. The molecule has 1 aromatic heterocycles. The number of nitrogens with one attached hydrogen (secondary N) is 2. The van der Waals surface area contributed by atoms with Crippen molar-refractivity contribution >= 4 is 17.4 Å². The second-order valence-corrected chi connectivity index (χ2v) is 4.41. The van der Waals surface area contributed by atoms with Crippen LogP contribution in [0.2, 0.25) is 0 Å². The summed E-state index contributed by atoms with van der Waals surface area (Å²) in [5.74, 6) is 0.0645. The van der Waals surface area contributed by atoms with Gasteiger partial charge in [0.05, 0.1) is 5.01 Å². The molecular formula is C10H13F3N4OS. The topological polar surface area (TPSA) is 80.0 Å². The Labute approximate surface area is 111 Å². The lowest BCUT2D eigenvalue weighted by Gasteiger charge is -2.05. The molecule has 0 radical (unpaired) electrons. The summed E-state index contributed by atoms with van der Waals surface area (Å²) in [6.07, 6.45) is -2.92. The van der Waals surface area contributed by atoms with Crippen LogP contribution in [-0.2, 0) is 12.6 Å². The smallest absolute Gasteiger partial charge is 0.385 e. The molecule has 106 valence electrons. The number of alkyl halides is 3. The highest BCUT2D eigenvalue weighted by molar-refractivity contribution is 7.09. The number of aromatic nitrogens is 1. The zero-order valence-electron chi connectivity index (χ0n) is 10.0. The molecule has 0 aliphatic rings. The summed E-state index contributed by atoms with van der Waals surface area (Å²) in [5.41, 5.74) is 4.57. The number of nitrogens with zero attached hydrogens (tertiary/aromatic N) is 1. The monoisotopic (exact) mass is 294 g/mol. The van der Waals surface area contributed by atoms with Gasteiger partial charge in [-0.05, 0) is 13.0 Å². The van der Waals surface area contributed by atoms with Crippen LogP contribution in [0.4, 0.5) is 18.0 Å². The third-order valence-electron chi connectivity index (χ3n) is 1.93. The molecule has 1 aromatic rings. The molecule has 0 aromatic carbocycles. The lowest BCUT2D eigenvalue weighted by atomic mass is 10.4. The highest BCUT2D eigenvalue weighted by Gasteiger charge is 2.33. The molecule has 0 aliphatic carbocycles. The number of hydrogen-bond acceptors (Lipinski definition) is 4. The van der Waals surface area contributed by atoms with Crippen LogP contribution >= 0.6 is 11.3 Å². The van der Waals surface area contributed by atoms with Crippen LogP contribution < -0.4 is 16.4 Å². The van der Waals surface area contributed by atoms with E-state index in [9.17, 15) is 18.0 Å². The largest absolute Gasteiger partial charge is 0.434 e. The normalized spacial score (nSPS) is 12.3. The molecule has 0 saturated heterocycles. The van der Waals surface area contributed by atoms with Crippen LogP contribution in [0, 0.1) is 0 Å². The van der Waals surface area contributed by atoms with Crippen molar-refractivity contribution < 1.29 is 18.0 Å². The van der Waals surface area contributed by atoms with Gasteiger partial charge < -0.3 is 11.1 Å². The third kappa shape index (κ3) is 5.16. The number of urea groups is 1. The van der Waals surface area contributed by atoms with Gasteiger partial charge in [0, 0.05) is 18.3 Å². The molecular weight excluding hydrogens is 281 g/mol. The number of thiazole rings is 1. The predicted octanol–water partition coefficient (Wildman–Crippen LogP) is 1.82. The fourth-order valence-corrected chi connectivity index (χ4v) is 1.88. The van der Waals surface area contributed by atoms with Crippen molar-refractivity contribution in [3.8, 4) is 0 Å². The molecule has 0 saturated carbocycles. The zero-order chi connectivity index (χ0) is 14.5. The standard InChI is InChI=1S/C10H13F3N4OS/c1-2-15-9(18)17-7(14)3-4-8-16-6(5-19-8)10(11,12)13/h3,5H,2,4,14H2,1H3,(H2,15,17,18)/b7-3+. The van der Waals surface area contributed by atoms with E-state index < -0.39 is 17.9 Å². The molecule has 0 aliphatic heterocycles. The van der Waals surface area contributed by atoms with Crippen molar-refractivity contribution in [2.45, 2.75) is 19.5 Å². The van der Waals surface area contributed by atoms with Gasteiger partial charge in [0.2, 0.25) is 0 Å². The maximum atomic E-state index is 12.3. The van der Waals surface area contributed by atoms with E-state index in [0.29, 0.717) is 6.54 Å². The van der Waals surface area contributed by atoms with Gasteiger partial charge in [-0.25, -0.2) is 9.78 Å². The maximum absolute atomic E-state index is 12.3. The number of amides is 2. The van der Waals surface area contributed by atoms with Gasteiger partial charge in [0.1, 0.15) is 5.82 Å². The highest BCUT2D eigenvalue weighted by Crippen LogP contribution is 2.30. The van der Waals surface area contributed by atoms with Crippen molar-refractivity contribution in [2.75, 3.05) is 6.54 Å². The molecule has 4 N–H and O–H groups in total. The van der Waals surface area contributed by atoms with Crippen LogP contribution in [-0.4, -0.2) is 17.6 Å². The summed E-state index contributed by atoms with van der Waals surface area (Å²) in [7, 11) is 0. The highest BCUT2D eigenvalue weighted by atomic mass is 32.1. The number of allylic oxidation sites excluding steroid dienone is 1. The summed E-state index contributed by atoms with van der Waals surface area (Å²) in [6.45, 7) is 2.19. The zero-order valence-corrected chi connectivity index (χ0v) is 10.9. The maximum Gasteiger partial charge on any atom is 0.434 e. The first kappa shape index (κ1) is 15.3. The van der Waals surface area contributed by atoms with Gasteiger partial charge >= 0.3 is 12.2 Å². The van der Waals surface area contributed by atoms with Crippen molar-refractivity contribution in [2.24, 2.45) is 5.73 Å². The van der Waals surface area contributed by atoms with E-state index in [0.717, 1.165) is 16.7 Å². The van der Waals surface area contributed by atoms with Crippen molar-refractivity contribution in [1.82, 2.24) is 15.6 Å². The molecule has 0 unspecified atom stereocenters. The summed E-state index contributed by atoms with van der Waals surface area (Å²) in [4.78, 5) is 14.5. The van der Waals surface area contributed by atoms with Crippen molar-refractivity contribution in [3.05, 3.63) is 28.0 Å². The number of carbonyl (C=O) groups is 1. The number of hydrogen-bond donors (Lipinski definition) is 3. The second kappa shape index (κ2) is 6.41. The quantitative estimate of drug-likeness (QED) is 0.792. The van der Waals surface area contributed by atoms with Gasteiger partial charge in [0.25, 0.3) is 0 Å². The van der Waals surface area contributed by atoms with E-state index in [2.05, 4.69) is 15.6 Å². The van der Waals surface area contributed by atoms with Crippen LogP contribution in [0.3, 0.4) is 0 Å². The summed E-state index contributed by atoms with van der Waals surface area (Å²) >= 11 is 0.888. The molecule has 0 spiro atoms. The Morgan fingerprint density at radius 2 is 2.26 bits per heavy atom. The Morgan fingerprint density at radius 3 is 2.79 bits per heavy atom. The predicted molar refractivity (Wildman–Crippen MR) is 65.3 cm³/mol.